The van der Waals surface area contributed by atoms with E-state index in [1.54, 1.807) is 69.6 Å². The monoisotopic (exact) mass is 412 g/mol. The molecular formula is C22H28N4O4. The first-order valence-electron chi connectivity index (χ1n) is 9.53. The second-order valence-corrected chi connectivity index (χ2v) is 7.06. The van der Waals surface area contributed by atoms with Gasteiger partial charge in [0, 0.05) is 38.3 Å². The van der Waals surface area contributed by atoms with Crippen LogP contribution in [-0.4, -0.2) is 68.9 Å². The number of rotatable bonds is 9. The maximum absolute atomic E-state index is 12.4. The quantitative estimate of drug-likeness (QED) is 0.660. The number of ether oxygens (including phenoxy) is 1. The first-order chi connectivity index (χ1) is 14.3. The summed E-state index contributed by atoms with van der Waals surface area (Å²) in [6.07, 6.45) is 0.257. The highest BCUT2D eigenvalue weighted by atomic mass is 16.5. The van der Waals surface area contributed by atoms with E-state index in [2.05, 4.69) is 10.6 Å². The summed E-state index contributed by atoms with van der Waals surface area (Å²) >= 11 is 0. The highest BCUT2D eigenvalue weighted by Gasteiger charge is 2.12. The molecular weight excluding hydrogens is 384 g/mol. The lowest BCUT2D eigenvalue weighted by Gasteiger charge is -2.18. The number of amides is 3. The number of likely N-dealkylation sites (N-methyl/N-ethyl adjacent to an activating group) is 2. The van der Waals surface area contributed by atoms with Gasteiger partial charge < -0.3 is 20.3 Å². The van der Waals surface area contributed by atoms with Gasteiger partial charge >= 0.3 is 0 Å². The highest BCUT2D eigenvalue weighted by Crippen LogP contribution is 2.23. The van der Waals surface area contributed by atoms with Gasteiger partial charge in [-0.05, 0) is 43.4 Å². The molecule has 8 heteroatoms. The van der Waals surface area contributed by atoms with Crippen molar-refractivity contribution >= 4 is 29.1 Å². The van der Waals surface area contributed by atoms with Crippen LogP contribution in [0.1, 0.15) is 16.8 Å². The van der Waals surface area contributed by atoms with Crippen LogP contribution >= 0.6 is 0 Å². The van der Waals surface area contributed by atoms with Gasteiger partial charge in [0.1, 0.15) is 5.75 Å². The van der Waals surface area contributed by atoms with Crippen LogP contribution in [-0.2, 0) is 9.59 Å². The molecule has 0 saturated heterocycles. The molecule has 30 heavy (non-hydrogen) atoms. The molecule has 0 saturated carbocycles. The molecule has 3 amide bonds. The Morgan fingerprint density at radius 2 is 1.60 bits per heavy atom. The number of anilines is 2. The lowest BCUT2D eigenvalue weighted by atomic mass is 10.2. The van der Waals surface area contributed by atoms with E-state index < -0.39 is 0 Å². The Labute approximate surface area is 176 Å². The van der Waals surface area contributed by atoms with E-state index in [-0.39, 0.29) is 30.7 Å². The van der Waals surface area contributed by atoms with Crippen LogP contribution in [0.4, 0.5) is 11.4 Å². The largest absolute Gasteiger partial charge is 0.495 e. The average Bonchev–Trinajstić information content (AvgIpc) is 2.73. The molecule has 2 aromatic rings. The van der Waals surface area contributed by atoms with Crippen LogP contribution in [0, 0.1) is 0 Å². The lowest BCUT2D eigenvalue weighted by molar-refractivity contribution is -0.130. The van der Waals surface area contributed by atoms with Crippen molar-refractivity contribution in [2.75, 3.05) is 52.0 Å². The number of nitrogens with one attached hydrogen (secondary N) is 2. The van der Waals surface area contributed by atoms with Crippen molar-refractivity contribution in [2.45, 2.75) is 6.42 Å². The van der Waals surface area contributed by atoms with E-state index in [1.165, 1.54) is 4.90 Å². The van der Waals surface area contributed by atoms with E-state index in [1.807, 2.05) is 12.1 Å². The molecule has 2 rings (SSSR count). The molecule has 2 N–H and O–H groups in total. The second-order valence-electron chi connectivity index (χ2n) is 7.06. The fourth-order valence-electron chi connectivity index (χ4n) is 2.61. The van der Waals surface area contributed by atoms with Gasteiger partial charge in [0.25, 0.3) is 5.91 Å². The summed E-state index contributed by atoms with van der Waals surface area (Å²) in [6, 6.07) is 13.8. The molecule has 8 nitrogen and oxygen atoms in total. The van der Waals surface area contributed by atoms with Crippen molar-refractivity contribution in [3.8, 4) is 5.75 Å². The third kappa shape index (κ3) is 6.89. The van der Waals surface area contributed by atoms with E-state index in [9.17, 15) is 14.4 Å². The first-order valence-corrected chi connectivity index (χ1v) is 9.53. The van der Waals surface area contributed by atoms with Crippen molar-refractivity contribution in [1.82, 2.24) is 9.80 Å². The lowest BCUT2D eigenvalue weighted by Crippen LogP contribution is -2.35. The van der Waals surface area contributed by atoms with E-state index in [4.69, 9.17) is 4.74 Å². The molecule has 0 aliphatic carbocycles. The van der Waals surface area contributed by atoms with Gasteiger partial charge in [-0.3, -0.25) is 19.3 Å². The summed E-state index contributed by atoms with van der Waals surface area (Å²) < 4.78 is 5.23. The Morgan fingerprint density at radius 3 is 2.23 bits per heavy atom. The maximum atomic E-state index is 12.4. The summed E-state index contributed by atoms with van der Waals surface area (Å²) in [6.45, 7) is 0.723. The third-order valence-corrected chi connectivity index (χ3v) is 4.41. The number of carbonyl (C=O) groups excluding carboxylic acids is 3. The van der Waals surface area contributed by atoms with Gasteiger partial charge in [0.2, 0.25) is 11.8 Å². The standard InChI is InChI=1S/C22H28N4O4/c1-25(2)21(28)15-26(3)14-13-20(27)23-17-11-9-16(10-12-17)22(29)24-18-7-5-6-8-19(18)30-4/h5-12H,13-15H2,1-4H3,(H,23,27)(H,24,29). The molecule has 0 atom stereocenters. The number of hydrogen-bond acceptors (Lipinski definition) is 5. The first kappa shape index (κ1) is 22.9. The van der Waals surface area contributed by atoms with Gasteiger partial charge in [0.05, 0.1) is 19.3 Å². The molecule has 0 bridgehead atoms. The van der Waals surface area contributed by atoms with Gasteiger partial charge in [-0.25, -0.2) is 0 Å². The fraction of sp³-hybridized carbons (Fsp3) is 0.318. The van der Waals surface area contributed by atoms with Gasteiger partial charge in [-0.2, -0.15) is 0 Å². The Hall–Kier alpha value is -3.39. The molecule has 0 aliphatic heterocycles. The van der Waals surface area contributed by atoms with Crippen molar-refractivity contribution in [1.29, 1.82) is 0 Å². The number of nitrogens with zero attached hydrogens (tertiary/aromatic N) is 2. The smallest absolute Gasteiger partial charge is 0.255 e. The van der Waals surface area contributed by atoms with Crippen molar-refractivity contribution in [3.05, 3.63) is 54.1 Å². The van der Waals surface area contributed by atoms with E-state index in [0.29, 0.717) is 29.2 Å². The Morgan fingerprint density at radius 1 is 0.933 bits per heavy atom. The predicted octanol–water partition coefficient (Wildman–Crippen LogP) is 2.30. The number of carbonyl (C=O) groups is 3. The zero-order valence-electron chi connectivity index (χ0n) is 17.8. The minimum atomic E-state index is -0.274. The summed E-state index contributed by atoms with van der Waals surface area (Å²) in [5.41, 5.74) is 1.64. The maximum Gasteiger partial charge on any atom is 0.255 e. The minimum Gasteiger partial charge on any atom is -0.495 e. The number of benzene rings is 2. The minimum absolute atomic E-state index is 0.0140. The summed E-state index contributed by atoms with van der Waals surface area (Å²) in [5, 5.41) is 5.60. The zero-order valence-corrected chi connectivity index (χ0v) is 17.8. The van der Waals surface area contributed by atoms with Crippen LogP contribution < -0.4 is 15.4 Å². The Bertz CT molecular complexity index is 881. The summed E-state index contributed by atoms with van der Waals surface area (Å²) in [5.74, 6) is 0.127. The van der Waals surface area contributed by atoms with Crippen molar-refractivity contribution in [2.24, 2.45) is 0 Å². The normalized spacial score (nSPS) is 10.4. The third-order valence-electron chi connectivity index (χ3n) is 4.41. The predicted molar refractivity (Wildman–Crippen MR) is 117 cm³/mol. The average molecular weight is 412 g/mol. The molecule has 0 radical (unpaired) electrons. The SMILES string of the molecule is COc1ccccc1NC(=O)c1ccc(NC(=O)CCN(C)CC(=O)N(C)C)cc1. The molecule has 0 heterocycles. The van der Waals surface area contributed by atoms with Gasteiger partial charge in [0.15, 0.2) is 0 Å². The number of hydrogen-bond donors (Lipinski definition) is 2. The fourth-order valence-corrected chi connectivity index (χ4v) is 2.61. The van der Waals surface area contributed by atoms with Crippen LogP contribution in [0.25, 0.3) is 0 Å². The molecule has 160 valence electrons. The molecule has 0 unspecified atom stereocenters. The van der Waals surface area contributed by atoms with Gasteiger partial charge in [-0.15, -0.1) is 0 Å². The molecule has 2 aromatic carbocycles. The summed E-state index contributed by atoms with van der Waals surface area (Å²) in [7, 11) is 6.73. The van der Waals surface area contributed by atoms with E-state index in [0.717, 1.165) is 0 Å². The van der Waals surface area contributed by atoms with Crippen LogP contribution in [0.15, 0.2) is 48.5 Å². The van der Waals surface area contributed by atoms with Crippen molar-refractivity contribution in [3.63, 3.8) is 0 Å². The molecule has 0 aliphatic rings. The highest BCUT2D eigenvalue weighted by molar-refractivity contribution is 6.05. The Balaban J connectivity index is 1.85. The second kappa shape index (κ2) is 11.0. The van der Waals surface area contributed by atoms with E-state index >= 15 is 0 Å². The van der Waals surface area contributed by atoms with Crippen LogP contribution in [0.5, 0.6) is 5.75 Å². The molecule has 0 spiro atoms. The molecule has 0 aromatic heterocycles. The van der Waals surface area contributed by atoms with Crippen LogP contribution in [0.3, 0.4) is 0 Å². The zero-order chi connectivity index (χ0) is 22.1. The number of para-hydroxylation sites is 2. The topological polar surface area (TPSA) is 91.0 Å². The molecule has 0 fully saturated rings. The van der Waals surface area contributed by atoms with Crippen LogP contribution in [0.2, 0.25) is 0 Å². The number of methoxy groups -OCH3 is 1. The Kier molecular flexibility index (Phi) is 8.37. The van der Waals surface area contributed by atoms with Crippen molar-refractivity contribution < 1.29 is 19.1 Å². The van der Waals surface area contributed by atoms with Gasteiger partial charge in [-0.1, -0.05) is 12.1 Å². The summed E-state index contributed by atoms with van der Waals surface area (Å²) in [4.78, 5) is 39.6.